The van der Waals surface area contributed by atoms with Crippen molar-refractivity contribution in [1.82, 2.24) is 0 Å². The Balaban J connectivity index is 2.16. The molecular formula is C14H10BrClN2O3. The number of nitrogens with one attached hydrogen (secondary N) is 2. The lowest BCUT2D eigenvalue weighted by Crippen LogP contribution is -2.21. The maximum Gasteiger partial charge on any atom is 0.337 e. The Morgan fingerprint density at radius 1 is 1.05 bits per heavy atom. The zero-order chi connectivity index (χ0) is 15.4. The molecule has 0 spiro atoms. The normalized spacial score (nSPS) is 10.0. The van der Waals surface area contributed by atoms with Crippen molar-refractivity contribution in [1.29, 1.82) is 0 Å². The van der Waals surface area contributed by atoms with Gasteiger partial charge in [0.2, 0.25) is 0 Å². The number of para-hydroxylation sites is 1. The quantitative estimate of drug-likeness (QED) is 0.748. The number of hydrogen-bond donors (Lipinski definition) is 3. The third-order valence-corrected chi connectivity index (χ3v) is 3.41. The zero-order valence-electron chi connectivity index (χ0n) is 10.6. The maximum atomic E-state index is 11.9. The molecule has 2 aromatic carbocycles. The molecule has 108 valence electrons. The number of rotatable bonds is 3. The van der Waals surface area contributed by atoms with E-state index in [1.165, 1.54) is 12.1 Å². The maximum absolute atomic E-state index is 11.9. The van der Waals surface area contributed by atoms with Crippen LogP contribution in [-0.2, 0) is 0 Å². The van der Waals surface area contributed by atoms with Gasteiger partial charge in [0, 0.05) is 4.47 Å². The Bertz CT molecular complexity index is 706. The van der Waals surface area contributed by atoms with Gasteiger partial charge < -0.3 is 15.7 Å². The fourth-order valence-electron chi connectivity index (χ4n) is 1.65. The molecule has 0 bridgehead atoms. The van der Waals surface area contributed by atoms with Crippen LogP contribution in [-0.4, -0.2) is 17.1 Å². The Morgan fingerprint density at radius 2 is 1.71 bits per heavy atom. The van der Waals surface area contributed by atoms with Crippen molar-refractivity contribution >= 4 is 50.9 Å². The number of aromatic carboxylic acids is 1. The van der Waals surface area contributed by atoms with Crippen LogP contribution in [0.1, 0.15) is 10.4 Å². The predicted molar refractivity (Wildman–Crippen MR) is 85.2 cm³/mol. The summed E-state index contributed by atoms with van der Waals surface area (Å²) in [6.45, 7) is 0. The summed E-state index contributed by atoms with van der Waals surface area (Å²) in [6.07, 6.45) is 0. The van der Waals surface area contributed by atoms with Gasteiger partial charge in [-0.1, -0.05) is 39.7 Å². The number of urea groups is 1. The fraction of sp³-hybridized carbons (Fsp3) is 0. The summed E-state index contributed by atoms with van der Waals surface area (Å²) in [6, 6.07) is 10.6. The summed E-state index contributed by atoms with van der Waals surface area (Å²) in [7, 11) is 0. The van der Waals surface area contributed by atoms with Gasteiger partial charge in [-0.25, -0.2) is 9.59 Å². The van der Waals surface area contributed by atoms with E-state index in [9.17, 15) is 9.59 Å². The van der Waals surface area contributed by atoms with E-state index in [-0.39, 0.29) is 11.3 Å². The van der Waals surface area contributed by atoms with E-state index in [2.05, 4.69) is 26.6 Å². The third-order valence-electron chi connectivity index (χ3n) is 2.58. The lowest BCUT2D eigenvalue weighted by Gasteiger charge is -2.11. The van der Waals surface area contributed by atoms with Gasteiger partial charge in [-0.05, 0) is 30.3 Å². The minimum Gasteiger partial charge on any atom is -0.478 e. The van der Waals surface area contributed by atoms with E-state index in [0.717, 1.165) is 4.47 Å². The summed E-state index contributed by atoms with van der Waals surface area (Å²) in [5.41, 5.74) is 0.623. The molecule has 5 nitrogen and oxygen atoms in total. The monoisotopic (exact) mass is 368 g/mol. The number of carboxylic acids is 1. The highest BCUT2D eigenvalue weighted by Crippen LogP contribution is 2.26. The van der Waals surface area contributed by atoms with E-state index in [1.807, 2.05) is 0 Å². The lowest BCUT2D eigenvalue weighted by molar-refractivity contribution is 0.0698. The molecule has 3 N–H and O–H groups in total. The SMILES string of the molecule is O=C(Nc1cc(Br)ccc1Cl)Nc1ccccc1C(=O)O. The van der Waals surface area contributed by atoms with E-state index < -0.39 is 12.0 Å². The molecule has 0 aromatic heterocycles. The van der Waals surface area contributed by atoms with E-state index in [4.69, 9.17) is 16.7 Å². The molecule has 0 aliphatic heterocycles. The van der Waals surface area contributed by atoms with Gasteiger partial charge in [-0.2, -0.15) is 0 Å². The van der Waals surface area contributed by atoms with Crippen molar-refractivity contribution in [3.63, 3.8) is 0 Å². The number of benzene rings is 2. The van der Waals surface area contributed by atoms with Crippen LogP contribution in [0.25, 0.3) is 0 Å². The van der Waals surface area contributed by atoms with E-state index in [1.54, 1.807) is 30.3 Å². The largest absolute Gasteiger partial charge is 0.478 e. The van der Waals surface area contributed by atoms with Crippen molar-refractivity contribution in [3.05, 3.63) is 57.5 Å². The van der Waals surface area contributed by atoms with Crippen LogP contribution in [0, 0.1) is 0 Å². The fourth-order valence-corrected chi connectivity index (χ4v) is 2.17. The second kappa shape index (κ2) is 6.60. The third kappa shape index (κ3) is 3.96. The first-order chi connectivity index (χ1) is 9.97. The molecule has 0 saturated carbocycles. The number of hydrogen-bond acceptors (Lipinski definition) is 2. The average molecular weight is 370 g/mol. The number of anilines is 2. The first-order valence-electron chi connectivity index (χ1n) is 5.83. The molecule has 2 rings (SSSR count). The zero-order valence-corrected chi connectivity index (χ0v) is 12.9. The van der Waals surface area contributed by atoms with Gasteiger partial charge in [-0.15, -0.1) is 0 Å². The molecule has 0 radical (unpaired) electrons. The molecular weight excluding hydrogens is 360 g/mol. The average Bonchev–Trinajstić information content (AvgIpc) is 2.43. The molecule has 21 heavy (non-hydrogen) atoms. The van der Waals surface area contributed by atoms with Gasteiger partial charge in [0.1, 0.15) is 0 Å². The number of carbonyl (C=O) groups excluding carboxylic acids is 1. The molecule has 0 atom stereocenters. The van der Waals surface area contributed by atoms with Crippen molar-refractivity contribution in [2.24, 2.45) is 0 Å². The Morgan fingerprint density at radius 3 is 2.43 bits per heavy atom. The standard InChI is InChI=1S/C14H10BrClN2O3/c15-8-5-6-10(16)12(7-8)18-14(21)17-11-4-2-1-3-9(11)13(19)20/h1-7H,(H,19,20)(H2,17,18,21). The Kier molecular flexibility index (Phi) is 4.82. The van der Waals surface area contributed by atoms with Gasteiger partial charge in [0.25, 0.3) is 0 Å². The second-order valence-electron chi connectivity index (χ2n) is 4.05. The van der Waals surface area contributed by atoms with Gasteiger partial charge in [-0.3, -0.25) is 0 Å². The van der Waals surface area contributed by atoms with Crippen LogP contribution < -0.4 is 10.6 Å². The molecule has 2 amide bonds. The van der Waals surface area contributed by atoms with Crippen LogP contribution >= 0.6 is 27.5 Å². The Labute approximate surface area is 134 Å². The smallest absolute Gasteiger partial charge is 0.337 e. The molecule has 0 aliphatic carbocycles. The molecule has 0 fully saturated rings. The topological polar surface area (TPSA) is 78.4 Å². The number of halogens is 2. The van der Waals surface area contributed by atoms with Crippen LogP contribution in [0.5, 0.6) is 0 Å². The van der Waals surface area contributed by atoms with Crippen molar-refractivity contribution in [2.75, 3.05) is 10.6 Å². The highest BCUT2D eigenvalue weighted by atomic mass is 79.9. The number of carbonyl (C=O) groups is 2. The van der Waals surface area contributed by atoms with Crippen molar-refractivity contribution in [3.8, 4) is 0 Å². The first-order valence-corrected chi connectivity index (χ1v) is 7.00. The molecule has 0 heterocycles. The summed E-state index contributed by atoms with van der Waals surface area (Å²) < 4.78 is 0.758. The number of amides is 2. The Hall–Kier alpha value is -2.05. The van der Waals surface area contributed by atoms with E-state index >= 15 is 0 Å². The van der Waals surface area contributed by atoms with Crippen LogP contribution in [0.4, 0.5) is 16.2 Å². The first kappa shape index (κ1) is 15.3. The highest BCUT2D eigenvalue weighted by molar-refractivity contribution is 9.10. The summed E-state index contributed by atoms with van der Waals surface area (Å²) >= 11 is 9.24. The van der Waals surface area contributed by atoms with Crippen LogP contribution in [0.3, 0.4) is 0 Å². The number of carboxylic acid groups (broad SMARTS) is 1. The molecule has 0 unspecified atom stereocenters. The molecule has 0 aliphatic rings. The lowest BCUT2D eigenvalue weighted by atomic mass is 10.2. The van der Waals surface area contributed by atoms with Crippen LogP contribution in [0.2, 0.25) is 5.02 Å². The molecule has 7 heteroatoms. The van der Waals surface area contributed by atoms with Gasteiger partial charge in [0.15, 0.2) is 0 Å². The second-order valence-corrected chi connectivity index (χ2v) is 5.38. The van der Waals surface area contributed by atoms with E-state index in [0.29, 0.717) is 10.7 Å². The molecule has 0 saturated heterocycles. The minimum absolute atomic E-state index is 0.00740. The van der Waals surface area contributed by atoms with Crippen molar-refractivity contribution < 1.29 is 14.7 Å². The summed E-state index contributed by atoms with van der Waals surface area (Å²) in [5.74, 6) is -1.12. The van der Waals surface area contributed by atoms with Crippen LogP contribution in [0.15, 0.2) is 46.9 Å². The minimum atomic E-state index is -1.12. The highest BCUT2D eigenvalue weighted by Gasteiger charge is 2.12. The van der Waals surface area contributed by atoms with Crippen molar-refractivity contribution in [2.45, 2.75) is 0 Å². The van der Waals surface area contributed by atoms with Gasteiger partial charge >= 0.3 is 12.0 Å². The van der Waals surface area contributed by atoms with Gasteiger partial charge in [0.05, 0.1) is 22.0 Å². The summed E-state index contributed by atoms with van der Waals surface area (Å²) in [4.78, 5) is 23.0. The molecule has 2 aromatic rings. The predicted octanol–water partition coefficient (Wildman–Crippen LogP) is 4.44. The summed E-state index contributed by atoms with van der Waals surface area (Å²) in [5, 5.41) is 14.5.